The predicted octanol–water partition coefficient (Wildman–Crippen LogP) is 2.89. The second-order valence-electron chi connectivity index (χ2n) is 7.02. The Morgan fingerprint density at radius 3 is 2.35 bits per heavy atom. The van der Waals surface area contributed by atoms with Gasteiger partial charge in [-0.25, -0.2) is 16.8 Å². The number of hydrogen-bond donors (Lipinski definition) is 1. The molecule has 31 heavy (non-hydrogen) atoms. The summed E-state index contributed by atoms with van der Waals surface area (Å²) in [6.07, 6.45) is 1.50. The van der Waals surface area contributed by atoms with E-state index in [1.165, 1.54) is 41.6 Å². The first-order valence-corrected chi connectivity index (χ1v) is 12.5. The third kappa shape index (κ3) is 4.81. The number of nitrogens with one attached hydrogen (secondary N) is 1. The van der Waals surface area contributed by atoms with Gasteiger partial charge in [-0.3, -0.25) is 14.8 Å². The van der Waals surface area contributed by atoms with E-state index in [1.54, 1.807) is 6.92 Å². The predicted molar refractivity (Wildman–Crippen MR) is 114 cm³/mol. The molecule has 10 nitrogen and oxygen atoms in total. The second-order valence-corrected chi connectivity index (χ2v) is 10.6. The van der Waals surface area contributed by atoms with Crippen LogP contribution >= 0.6 is 0 Å². The van der Waals surface area contributed by atoms with Crippen molar-refractivity contribution in [3.63, 3.8) is 0 Å². The summed E-state index contributed by atoms with van der Waals surface area (Å²) in [5.74, 6) is 0.129. The molecule has 0 amide bonds. The molecule has 0 radical (unpaired) electrons. The van der Waals surface area contributed by atoms with Crippen molar-refractivity contribution in [1.29, 1.82) is 0 Å². The maximum atomic E-state index is 13.1. The van der Waals surface area contributed by atoms with Crippen LogP contribution in [0.3, 0.4) is 0 Å². The molecule has 1 saturated heterocycles. The maximum Gasteiger partial charge on any atom is 0.270 e. The van der Waals surface area contributed by atoms with E-state index >= 15 is 0 Å². The van der Waals surface area contributed by atoms with Crippen LogP contribution in [0.2, 0.25) is 0 Å². The fourth-order valence-corrected chi connectivity index (χ4v) is 6.31. The van der Waals surface area contributed by atoms with Gasteiger partial charge < -0.3 is 4.74 Å². The smallest absolute Gasteiger partial charge is 0.270 e. The van der Waals surface area contributed by atoms with E-state index in [-0.39, 0.29) is 33.5 Å². The zero-order valence-corrected chi connectivity index (χ0v) is 18.7. The molecule has 0 aliphatic carbocycles. The van der Waals surface area contributed by atoms with Gasteiger partial charge in [0, 0.05) is 25.2 Å². The first-order chi connectivity index (χ1) is 14.6. The molecule has 0 saturated carbocycles. The first-order valence-electron chi connectivity index (χ1n) is 9.61. The van der Waals surface area contributed by atoms with E-state index in [0.717, 1.165) is 18.9 Å². The van der Waals surface area contributed by atoms with Crippen molar-refractivity contribution in [1.82, 2.24) is 4.31 Å². The van der Waals surface area contributed by atoms with Crippen molar-refractivity contribution in [2.75, 3.05) is 24.4 Å². The van der Waals surface area contributed by atoms with Crippen molar-refractivity contribution in [2.45, 2.75) is 36.5 Å². The molecule has 0 unspecified atom stereocenters. The van der Waals surface area contributed by atoms with Crippen LogP contribution < -0.4 is 9.46 Å². The number of nitrogens with zero attached hydrogens (tertiary/aromatic N) is 2. The largest absolute Gasteiger partial charge is 0.492 e. The monoisotopic (exact) mass is 469 g/mol. The molecule has 0 bridgehead atoms. The quantitative estimate of drug-likeness (QED) is 0.464. The highest BCUT2D eigenvalue weighted by Gasteiger charge is 2.31. The summed E-state index contributed by atoms with van der Waals surface area (Å²) < 4.78 is 61.1. The second kappa shape index (κ2) is 8.81. The maximum absolute atomic E-state index is 13.1. The molecule has 0 aromatic heterocycles. The van der Waals surface area contributed by atoms with E-state index in [9.17, 15) is 26.9 Å². The van der Waals surface area contributed by atoms with Gasteiger partial charge in [0.2, 0.25) is 10.0 Å². The molecule has 1 N–H and O–H groups in total. The van der Waals surface area contributed by atoms with Crippen molar-refractivity contribution in [2.24, 2.45) is 0 Å². The number of non-ortho nitro benzene ring substituents is 1. The zero-order chi connectivity index (χ0) is 22.8. The van der Waals surface area contributed by atoms with E-state index < -0.39 is 25.0 Å². The van der Waals surface area contributed by atoms with Crippen molar-refractivity contribution in [3.8, 4) is 5.75 Å². The number of aryl methyl sites for hydroxylation is 1. The Morgan fingerprint density at radius 2 is 1.74 bits per heavy atom. The summed E-state index contributed by atoms with van der Waals surface area (Å²) >= 11 is 0. The molecule has 12 heteroatoms. The Balaban J connectivity index is 2.02. The molecule has 0 atom stereocenters. The summed E-state index contributed by atoms with van der Waals surface area (Å²) in [7, 11) is -8.09. The van der Waals surface area contributed by atoms with Crippen molar-refractivity contribution < 1.29 is 26.5 Å². The Bertz CT molecular complexity index is 1210. The van der Waals surface area contributed by atoms with Crippen LogP contribution in [0.4, 0.5) is 11.4 Å². The van der Waals surface area contributed by atoms with E-state index in [2.05, 4.69) is 4.72 Å². The summed E-state index contributed by atoms with van der Waals surface area (Å²) in [5.41, 5.74) is -0.0453. The molecule has 2 aromatic rings. The SMILES string of the molecule is CCOc1ccc(NS(=O)(=O)c2cc([N+](=O)[O-])ccc2C)cc1S(=O)(=O)N1CCCC1. The topological polar surface area (TPSA) is 136 Å². The minimum absolute atomic E-state index is 0.00660. The summed E-state index contributed by atoms with van der Waals surface area (Å²) in [5, 5.41) is 11.0. The molecule has 0 spiro atoms. The zero-order valence-electron chi connectivity index (χ0n) is 17.1. The highest BCUT2D eigenvalue weighted by atomic mass is 32.2. The number of sulfonamides is 2. The number of nitro groups is 1. The molecule has 1 fully saturated rings. The minimum Gasteiger partial charge on any atom is -0.492 e. The Kier molecular flexibility index (Phi) is 6.53. The van der Waals surface area contributed by atoms with Gasteiger partial charge in [0.05, 0.1) is 22.1 Å². The lowest BCUT2D eigenvalue weighted by atomic mass is 10.2. The summed E-state index contributed by atoms with van der Waals surface area (Å²) in [6.45, 7) is 4.24. The first kappa shape index (κ1) is 23.0. The molecule has 1 aliphatic heterocycles. The fourth-order valence-electron chi connectivity index (χ4n) is 3.32. The number of ether oxygens (including phenoxy) is 1. The van der Waals surface area contributed by atoms with E-state index in [1.807, 2.05) is 0 Å². The van der Waals surface area contributed by atoms with Gasteiger partial charge in [-0.1, -0.05) is 6.07 Å². The Labute approximate surface area is 181 Å². The molecular weight excluding hydrogens is 446 g/mol. The number of anilines is 1. The molecule has 1 heterocycles. The molecule has 2 aromatic carbocycles. The minimum atomic E-state index is -4.21. The Morgan fingerprint density at radius 1 is 1.06 bits per heavy atom. The van der Waals surface area contributed by atoms with Crippen LogP contribution in [0.5, 0.6) is 5.75 Å². The number of rotatable bonds is 8. The average Bonchev–Trinajstić information content (AvgIpc) is 3.25. The molecule has 1 aliphatic rings. The summed E-state index contributed by atoms with van der Waals surface area (Å²) in [6, 6.07) is 7.51. The highest BCUT2D eigenvalue weighted by Crippen LogP contribution is 2.33. The summed E-state index contributed by atoms with van der Waals surface area (Å²) in [4.78, 5) is 9.95. The molecule has 168 valence electrons. The van der Waals surface area contributed by atoms with Crippen LogP contribution in [0.25, 0.3) is 0 Å². The molecule has 3 rings (SSSR count). The van der Waals surface area contributed by atoms with Crippen LogP contribution in [-0.4, -0.2) is 45.8 Å². The van der Waals surface area contributed by atoms with Gasteiger partial charge in [-0.15, -0.1) is 0 Å². The number of benzene rings is 2. The van der Waals surface area contributed by atoms with Crippen LogP contribution in [-0.2, 0) is 20.0 Å². The lowest BCUT2D eigenvalue weighted by Gasteiger charge is -2.19. The van der Waals surface area contributed by atoms with E-state index in [4.69, 9.17) is 4.74 Å². The van der Waals surface area contributed by atoms with Crippen molar-refractivity contribution >= 4 is 31.4 Å². The lowest BCUT2D eigenvalue weighted by Crippen LogP contribution is -2.28. The van der Waals surface area contributed by atoms with Crippen LogP contribution in [0.15, 0.2) is 46.2 Å². The normalized spacial score (nSPS) is 15.0. The van der Waals surface area contributed by atoms with Gasteiger partial charge in [0.15, 0.2) is 0 Å². The third-order valence-corrected chi connectivity index (χ3v) is 8.29. The van der Waals surface area contributed by atoms with Crippen LogP contribution in [0, 0.1) is 17.0 Å². The number of hydrogen-bond acceptors (Lipinski definition) is 7. The van der Waals surface area contributed by atoms with Crippen LogP contribution in [0.1, 0.15) is 25.3 Å². The number of nitro benzene ring substituents is 1. The fraction of sp³-hybridized carbons (Fsp3) is 0.368. The standard InChI is InChI=1S/C19H23N3O7S2/c1-3-29-17-9-7-15(12-19(17)31(27,28)21-10-4-5-11-21)20-30(25,26)18-13-16(22(23)24)8-6-14(18)2/h6-9,12-13,20H,3-5,10-11H2,1-2H3. The van der Waals surface area contributed by atoms with E-state index in [0.29, 0.717) is 18.7 Å². The average molecular weight is 470 g/mol. The highest BCUT2D eigenvalue weighted by molar-refractivity contribution is 7.92. The van der Waals surface area contributed by atoms with Gasteiger partial charge in [0.25, 0.3) is 15.7 Å². The van der Waals surface area contributed by atoms with Gasteiger partial charge in [-0.2, -0.15) is 4.31 Å². The van der Waals surface area contributed by atoms with Gasteiger partial charge >= 0.3 is 0 Å². The van der Waals surface area contributed by atoms with Crippen molar-refractivity contribution in [3.05, 3.63) is 52.1 Å². The Hall–Kier alpha value is -2.70. The lowest BCUT2D eigenvalue weighted by molar-refractivity contribution is -0.385. The van der Waals surface area contributed by atoms with Gasteiger partial charge in [-0.05, 0) is 50.5 Å². The molecular formula is C19H23N3O7S2. The third-order valence-electron chi connectivity index (χ3n) is 4.85. The van der Waals surface area contributed by atoms with Gasteiger partial charge in [0.1, 0.15) is 10.6 Å².